The van der Waals surface area contributed by atoms with Gasteiger partial charge in [0.2, 0.25) is 0 Å². The zero-order valence-corrected chi connectivity index (χ0v) is 9.14. The Morgan fingerprint density at radius 2 is 2.29 bits per heavy atom. The Hall–Kier alpha value is -0.870. The molecule has 0 saturated heterocycles. The summed E-state index contributed by atoms with van der Waals surface area (Å²) in [4.78, 5) is 6.13. The highest BCUT2D eigenvalue weighted by Gasteiger charge is 2.13. The molecule has 0 aliphatic heterocycles. The molecule has 1 rings (SSSR count). The van der Waals surface area contributed by atoms with E-state index < -0.39 is 6.10 Å². The van der Waals surface area contributed by atoms with Gasteiger partial charge < -0.3 is 14.6 Å². The van der Waals surface area contributed by atoms with Crippen molar-refractivity contribution in [2.24, 2.45) is 0 Å². The molecule has 0 bridgehead atoms. The van der Waals surface area contributed by atoms with Gasteiger partial charge in [0.05, 0.1) is 0 Å². The molecule has 1 unspecified atom stereocenters. The minimum atomic E-state index is -0.494. The third-order valence-electron chi connectivity index (χ3n) is 2.05. The fourth-order valence-corrected chi connectivity index (χ4v) is 1.48. The van der Waals surface area contributed by atoms with Gasteiger partial charge in [-0.05, 0) is 20.5 Å². The number of aliphatic hydroxyl groups excluding tert-OH is 1. The third kappa shape index (κ3) is 2.82. The van der Waals surface area contributed by atoms with Crippen LogP contribution in [0.3, 0.4) is 0 Å². The minimum absolute atomic E-state index is 0.494. The molecule has 0 spiro atoms. The van der Waals surface area contributed by atoms with Crippen LogP contribution in [0.25, 0.3) is 0 Å². The van der Waals surface area contributed by atoms with Gasteiger partial charge >= 0.3 is 0 Å². The second-order valence-corrected chi connectivity index (χ2v) is 3.76. The molecule has 0 aromatic carbocycles. The Morgan fingerprint density at radius 1 is 1.57 bits per heavy atom. The molecular weight excluding hydrogens is 178 g/mol. The molecule has 0 aliphatic carbocycles. The number of aromatic nitrogens is 2. The number of imidazole rings is 1. The monoisotopic (exact) mass is 197 g/mol. The molecular formula is C10H19N3O. The van der Waals surface area contributed by atoms with Gasteiger partial charge in [-0.25, -0.2) is 4.98 Å². The highest BCUT2D eigenvalue weighted by atomic mass is 16.3. The zero-order valence-electron chi connectivity index (χ0n) is 9.14. The first-order valence-electron chi connectivity index (χ1n) is 4.99. The largest absolute Gasteiger partial charge is 0.384 e. The van der Waals surface area contributed by atoms with Crippen LogP contribution in [0.15, 0.2) is 12.4 Å². The van der Waals surface area contributed by atoms with Gasteiger partial charge in [0, 0.05) is 25.5 Å². The lowest BCUT2D eigenvalue weighted by atomic mass is 10.3. The van der Waals surface area contributed by atoms with Crippen LogP contribution in [0, 0.1) is 0 Å². The van der Waals surface area contributed by atoms with Gasteiger partial charge in [0.15, 0.2) is 0 Å². The molecule has 1 aromatic rings. The molecule has 1 aromatic heterocycles. The van der Waals surface area contributed by atoms with Crippen LogP contribution in [-0.2, 0) is 6.54 Å². The zero-order chi connectivity index (χ0) is 10.6. The predicted octanol–water partition coefficient (Wildman–Crippen LogP) is 0.888. The summed E-state index contributed by atoms with van der Waals surface area (Å²) in [5, 5.41) is 9.86. The Bertz CT molecular complexity index is 270. The van der Waals surface area contributed by atoms with E-state index in [2.05, 4.69) is 11.9 Å². The molecule has 0 amide bonds. The van der Waals surface area contributed by atoms with Crippen LogP contribution in [-0.4, -0.2) is 40.2 Å². The molecule has 4 nitrogen and oxygen atoms in total. The van der Waals surface area contributed by atoms with Crippen molar-refractivity contribution in [2.45, 2.75) is 26.0 Å². The minimum Gasteiger partial charge on any atom is -0.384 e. The smallest absolute Gasteiger partial charge is 0.138 e. The summed E-state index contributed by atoms with van der Waals surface area (Å²) in [6.07, 6.45) is 4.21. The molecule has 1 atom stereocenters. The number of aryl methyl sites for hydroxylation is 1. The average molecular weight is 197 g/mol. The van der Waals surface area contributed by atoms with Gasteiger partial charge in [0.1, 0.15) is 11.9 Å². The molecule has 0 fully saturated rings. The van der Waals surface area contributed by atoms with Crippen molar-refractivity contribution < 1.29 is 5.11 Å². The molecule has 0 aliphatic rings. The molecule has 4 heteroatoms. The number of likely N-dealkylation sites (N-methyl/N-ethyl adjacent to an activating group) is 1. The molecule has 14 heavy (non-hydrogen) atoms. The second-order valence-electron chi connectivity index (χ2n) is 3.76. The van der Waals surface area contributed by atoms with E-state index in [1.165, 1.54) is 0 Å². The van der Waals surface area contributed by atoms with Crippen LogP contribution in [0.5, 0.6) is 0 Å². The maximum absolute atomic E-state index is 9.86. The fraction of sp³-hybridized carbons (Fsp3) is 0.700. The van der Waals surface area contributed by atoms with E-state index in [0.29, 0.717) is 6.54 Å². The first-order valence-corrected chi connectivity index (χ1v) is 4.99. The van der Waals surface area contributed by atoms with Crippen LogP contribution in [0.2, 0.25) is 0 Å². The number of hydrogen-bond donors (Lipinski definition) is 1. The average Bonchev–Trinajstić information content (AvgIpc) is 2.51. The first kappa shape index (κ1) is 11.2. The molecule has 1 heterocycles. The van der Waals surface area contributed by atoms with E-state index in [0.717, 1.165) is 18.8 Å². The van der Waals surface area contributed by atoms with Crippen molar-refractivity contribution >= 4 is 0 Å². The number of hydrogen-bond acceptors (Lipinski definition) is 3. The van der Waals surface area contributed by atoms with Crippen molar-refractivity contribution in [2.75, 3.05) is 20.6 Å². The summed E-state index contributed by atoms with van der Waals surface area (Å²) in [7, 11) is 3.88. The second kappa shape index (κ2) is 5.12. The lowest BCUT2D eigenvalue weighted by Crippen LogP contribution is -2.22. The highest BCUT2D eigenvalue weighted by Crippen LogP contribution is 2.11. The van der Waals surface area contributed by atoms with E-state index in [1.54, 1.807) is 6.20 Å². The van der Waals surface area contributed by atoms with E-state index in [1.807, 2.05) is 29.8 Å². The van der Waals surface area contributed by atoms with Crippen LogP contribution >= 0.6 is 0 Å². The van der Waals surface area contributed by atoms with E-state index >= 15 is 0 Å². The molecule has 0 saturated carbocycles. The first-order chi connectivity index (χ1) is 6.65. The van der Waals surface area contributed by atoms with Crippen molar-refractivity contribution in [3.05, 3.63) is 18.2 Å². The topological polar surface area (TPSA) is 41.3 Å². The SMILES string of the molecule is CCCn1ccnc1C(O)CN(C)C. The highest BCUT2D eigenvalue weighted by molar-refractivity contribution is 4.97. The van der Waals surface area contributed by atoms with Crippen LogP contribution in [0.4, 0.5) is 0 Å². The number of rotatable bonds is 5. The summed E-state index contributed by atoms with van der Waals surface area (Å²) in [5.41, 5.74) is 0. The summed E-state index contributed by atoms with van der Waals surface area (Å²) >= 11 is 0. The standard InChI is InChI=1S/C10H19N3O/c1-4-6-13-7-5-11-10(13)9(14)8-12(2)3/h5,7,9,14H,4,6,8H2,1-3H3. The summed E-state index contributed by atoms with van der Waals surface area (Å²) in [6.45, 7) is 3.64. The third-order valence-corrected chi connectivity index (χ3v) is 2.05. The Kier molecular flexibility index (Phi) is 4.10. The summed E-state index contributed by atoms with van der Waals surface area (Å²) in [5.74, 6) is 0.764. The Labute approximate surface area is 85.2 Å². The Balaban J connectivity index is 2.68. The molecule has 80 valence electrons. The van der Waals surface area contributed by atoms with Gasteiger partial charge in [-0.1, -0.05) is 6.92 Å². The van der Waals surface area contributed by atoms with Gasteiger partial charge in [-0.15, -0.1) is 0 Å². The summed E-state index contributed by atoms with van der Waals surface area (Å²) in [6, 6.07) is 0. The maximum atomic E-state index is 9.86. The fourth-order valence-electron chi connectivity index (χ4n) is 1.48. The summed E-state index contributed by atoms with van der Waals surface area (Å²) < 4.78 is 2.01. The number of aliphatic hydroxyl groups is 1. The lowest BCUT2D eigenvalue weighted by molar-refractivity contribution is 0.126. The molecule has 1 N–H and O–H groups in total. The van der Waals surface area contributed by atoms with Crippen molar-refractivity contribution in [3.63, 3.8) is 0 Å². The lowest BCUT2D eigenvalue weighted by Gasteiger charge is -2.16. The van der Waals surface area contributed by atoms with Crippen molar-refractivity contribution in [1.29, 1.82) is 0 Å². The van der Waals surface area contributed by atoms with Gasteiger partial charge in [-0.3, -0.25) is 0 Å². The normalized spacial score (nSPS) is 13.5. The maximum Gasteiger partial charge on any atom is 0.138 e. The van der Waals surface area contributed by atoms with E-state index in [4.69, 9.17) is 0 Å². The predicted molar refractivity (Wildman–Crippen MR) is 56.0 cm³/mol. The Morgan fingerprint density at radius 3 is 2.86 bits per heavy atom. The molecule has 0 radical (unpaired) electrons. The van der Waals surface area contributed by atoms with E-state index in [9.17, 15) is 5.11 Å². The van der Waals surface area contributed by atoms with Crippen molar-refractivity contribution in [3.8, 4) is 0 Å². The quantitative estimate of drug-likeness (QED) is 0.762. The van der Waals surface area contributed by atoms with Crippen LogP contribution in [0.1, 0.15) is 25.3 Å². The number of nitrogens with zero attached hydrogens (tertiary/aromatic N) is 3. The van der Waals surface area contributed by atoms with Crippen molar-refractivity contribution in [1.82, 2.24) is 14.5 Å². The van der Waals surface area contributed by atoms with Gasteiger partial charge in [0.25, 0.3) is 0 Å². The van der Waals surface area contributed by atoms with Gasteiger partial charge in [-0.2, -0.15) is 0 Å². The van der Waals surface area contributed by atoms with E-state index in [-0.39, 0.29) is 0 Å². The van der Waals surface area contributed by atoms with Crippen LogP contribution < -0.4 is 0 Å².